The van der Waals surface area contributed by atoms with Crippen LogP contribution >= 0.6 is 22.9 Å². The van der Waals surface area contributed by atoms with Crippen LogP contribution in [0.2, 0.25) is 5.28 Å². The first kappa shape index (κ1) is 14.1. The van der Waals surface area contributed by atoms with Crippen molar-refractivity contribution in [2.24, 2.45) is 5.41 Å². The zero-order valence-electron chi connectivity index (χ0n) is 12.0. The Bertz CT molecular complexity index is 617. The second-order valence-electron chi connectivity index (χ2n) is 5.83. The molecule has 1 N–H and O–H groups in total. The Hall–Kier alpha value is -0.870. The second-order valence-corrected chi connectivity index (χ2v) is 7.40. The van der Waals surface area contributed by atoms with E-state index >= 15 is 0 Å². The van der Waals surface area contributed by atoms with Gasteiger partial charge in [-0.2, -0.15) is 0 Å². The van der Waals surface area contributed by atoms with Gasteiger partial charge in [-0.15, -0.1) is 11.3 Å². The van der Waals surface area contributed by atoms with Crippen molar-refractivity contribution in [1.29, 1.82) is 0 Å². The number of fused-ring (bicyclic) bond motifs is 1. The van der Waals surface area contributed by atoms with Crippen molar-refractivity contribution < 1.29 is 0 Å². The van der Waals surface area contributed by atoms with Gasteiger partial charge in [-0.1, -0.05) is 19.8 Å². The maximum absolute atomic E-state index is 6.04. The molecule has 108 valence electrons. The standard InChI is InChI=1S/C15H20ClN3S/c1-3-15(6-4-5-7-15)9-17-12-11-8-10(2)20-13(11)19-14(16)18-12/h8H,3-7,9H2,1-2H3,(H,17,18,19). The van der Waals surface area contributed by atoms with E-state index < -0.39 is 0 Å². The van der Waals surface area contributed by atoms with Crippen molar-refractivity contribution in [3.05, 3.63) is 16.2 Å². The summed E-state index contributed by atoms with van der Waals surface area (Å²) < 4.78 is 0. The Morgan fingerprint density at radius 1 is 1.35 bits per heavy atom. The molecule has 0 aliphatic heterocycles. The van der Waals surface area contributed by atoms with Gasteiger partial charge in [0.05, 0.1) is 5.39 Å². The molecule has 0 spiro atoms. The molecule has 0 unspecified atom stereocenters. The van der Waals surface area contributed by atoms with Gasteiger partial charge >= 0.3 is 0 Å². The summed E-state index contributed by atoms with van der Waals surface area (Å²) in [6, 6.07) is 2.14. The van der Waals surface area contributed by atoms with E-state index in [2.05, 4.69) is 35.2 Å². The van der Waals surface area contributed by atoms with E-state index in [1.807, 2.05) is 0 Å². The van der Waals surface area contributed by atoms with Gasteiger partial charge < -0.3 is 5.32 Å². The molecule has 1 aliphatic rings. The molecule has 20 heavy (non-hydrogen) atoms. The molecular weight excluding hydrogens is 290 g/mol. The van der Waals surface area contributed by atoms with E-state index in [1.54, 1.807) is 11.3 Å². The highest BCUT2D eigenvalue weighted by atomic mass is 35.5. The number of nitrogens with zero attached hydrogens (tertiary/aromatic N) is 2. The third-order valence-electron chi connectivity index (χ3n) is 4.53. The molecule has 0 bridgehead atoms. The van der Waals surface area contributed by atoms with Gasteiger partial charge in [0.15, 0.2) is 0 Å². The van der Waals surface area contributed by atoms with Crippen LogP contribution in [0.25, 0.3) is 10.2 Å². The molecule has 3 nitrogen and oxygen atoms in total. The number of hydrogen-bond acceptors (Lipinski definition) is 4. The van der Waals surface area contributed by atoms with Crippen LogP contribution in [0.5, 0.6) is 0 Å². The van der Waals surface area contributed by atoms with E-state index in [4.69, 9.17) is 11.6 Å². The van der Waals surface area contributed by atoms with E-state index in [9.17, 15) is 0 Å². The minimum absolute atomic E-state index is 0.332. The minimum Gasteiger partial charge on any atom is -0.369 e. The average Bonchev–Trinajstić information content (AvgIpc) is 3.02. The Morgan fingerprint density at radius 3 is 2.80 bits per heavy atom. The fourth-order valence-corrected chi connectivity index (χ4v) is 4.30. The van der Waals surface area contributed by atoms with E-state index in [0.717, 1.165) is 22.6 Å². The van der Waals surface area contributed by atoms with Crippen LogP contribution in [-0.2, 0) is 0 Å². The third kappa shape index (κ3) is 2.63. The predicted molar refractivity (Wildman–Crippen MR) is 86.8 cm³/mol. The van der Waals surface area contributed by atoms with Crippen LogP contribution in [0, 0.1) is 12.3 Å². The lowest BCUT2D eigenvalue weighted by Crippen LogP contribution is -2.26. The predicted octanol–water partition coefficient (Wildman–Crippen LogP) is 5.04. The van der Waals surface area contributed by atoms with Crippen molar-refractivity contribution in [3.8, 4) is 0 Å². The van der Waals surface area contributed by atoms with Gasteiger partial charge in [0, 0.05) is 11.4 Å². The van der Waals surface area contributed by atoms with Crippen molar-refractivity contribution >= 4 is 39.0 Å². The van der Waals surface area contributed by atoms with Crippen LogP contribution in [0.4, 0.5) is 5.82 Å². The summed E-state index contributed by atoms with van der Waals surface area (Å²) in [6.07, 6.45) is 6.58. The van der Waals surface area contributed by atoms with Crippen LogP contribution in [0.3, 0.4) is 0 Å². The first-order chi connectivity index (χ1) is 9.62. The number of nitrogens with one attached hydrogen (secondary N) is 1. The highest BCUT2D eigenvalue weighted by molar-refractivity contribution is 7.18. The smallest absolute Gasteiger partial charge is 0.225 e. The van der Waals surface area contributed by atoms with Gasteiger partial charge in [-0.05, 0) is 49.3 Å². The summed E-state index contributed by atoms with van der Waals surface area (Å²) >= 11 is 7.71. The summed E-state index contributed by atoms with van der Waals surface area (Å²) in [6.45, 7) is 5.37. The maximum atomic E-state index is 6.04. The normalized spacial score (nSPS) is 17.8. The van der Waals surface area contributed by atoms with Crippen LogP contribution < -0.4 is 5.32 Å². The topological polar surface area (TPSA) is 37.8 Å². The molecule has 1 aliphatic carbocycles. The lowest BCUT2D eigenvalue weighted by Gasteiger charge is -2.28. The van der Waals surface area contributed by atoms with E-state index in [-0.39, 0.29) is 0 Å². The lowest BCUT2D eigenvalue weighted by atomic mass is 9.83. The summed E-state index contributed by atoms with van der Waals surface area (Å²) in [7, 11) is 0. The Kier molecular flexibility index (Phi) is 3.87. The van der Waals surface area contributed by atoms with Crippen LogP contribution in [0.15, 0.2) is 6.07 Å². The van der Waals surface area contributed by atoms with Crippen LogP contribution in [0.1, 0.15) is 43.9 Å². The molecule has 1 fully saturated rings. The molecule has 0 atom stereocenters. The number of anilines is 1. The highest BCUT2D eigenvalue weighted by Crippen LogP contribution is 2.41. The highest BCUT2D eigenvalue weighted by Gasteiger charge is 2.31. The number of thiophene rings is 1. The number of aryl methyl sites for hydroxylation is 1. The SMILES string of the molecule is CCC1(CNc2nc(Cl)nc3sc(C)cc23)CCCC1. The van der Waals surface area contributed by atoms with Gasteiger partial charge in [-0.3, -0.25) is 0 Å². The lowest BCUT2D eigenvalue weighted by molar-refractivity contribution is 0.306. The van der Waals surface area contributed by atoms with Gasteiger partial charge in [-0.25, -0.2) is 9.97 Å². The van der Waals surface area contributed by atoms with Crippen molar-refractivity contribution in [2.75, 3.05) is 11.9 Å². The fourth-order valence-electron chi connectivity index (χ4n) is 3.20. The van der Waals surface area contributed by atoms with Gasteiger partial charge in [0.25, 0.3) is 0 Å². The molecule has 2 heterocycles. The zero-order valence-corrected chi connectivity index (χ0v) is 13.6. The largest absolute Gasteiger partial charge is 0.369 e. The van der Waals surface area contributed by atoms with E-state index in [0.29, 0.717) is 10.7 Å². The van der Waals surface area contributed by atoms with Crippen molar-refractivity contribution in [1.82, 2.24) is 9.97 Å². The first-order valence-electron chi connectivity index (χ1n) is 7.29. The second kappa shape index (κ2) is 5.49. The Morgan fingerprint density at radius 2 is 2.10 bits per heavy atom. The molecule has 0 amide bonds. The van der Waals surface area contributed by atoms with Crippen molar-refractivity contribution in [3.63, 3.8) is 0 Å². The van der Waals surface area contributed by atoms with Gasteiger partial charge in [0.2, 0.25) is 5.28 Å². The monoisotopic (exact) mass is 309 g/mol. The molecule has 1 saturated carbocycles. The Labute approximate surface area is 128 Å². The third-order valence-corrected chi connectivity index (χ3v) is 5.65. The maximum Gasteiger partial charge on any atom is 0.225 e. The zero-order chi connectivity index (χ0) is 14.2. The average molecular weight is 310 g/mol. The molecule has 3 rings (SSSR count). The molecule has 2 aromatic heterocycles. The number of halogens is 1. The molecular formula is C15H20ClN3S. The van der Waals surface area contributed by atoms with Gasteiger partial charge in [0.1, 0.15) is 10.6 Å². The number of hydrogen-bond donors (Lipinski definition) is 1. The summed E-state index contributed by atoms with van der Waals surface area (Å²) in [5.74, 6) is 0.893. The molecule has 2 aromatic rings. The summed E-state index contributed by atoms with van der Waals surface area (Å²) in [5.41, 5.74) is 0.439. The molecule has 0 radical (unpaired) electrons. The number of aromatic nitrogens is 2. The fraction of sp³-hybridized carbons (Fsp3) is 0.600. The molecule has 0 saturated heterocycles. The summed E-state index contributed by atoms with van der Waals surface area (Å²) in [5, 5.41) is 4.98. The molecule has 5 heteroatoms. The van der Waals surface area contributed by atoms with Crippen LogP contribution in [-0.4, -0.2) is 16.5 Å². The minimum atomic E-state index is 0.332. The quantitative estimate of drug-likeness (QED) is 0.804. The Balaban J connectivity index is 1.86. The molecule has 0 aromatic carbocycles. The first-order valence-corrected chi connectivity index (χ1v) is 8.49. The number of rotatable bonds is 4. The summed E-state index contributed by atoms with van der Waals surface area (Å²) in [4.78, 5) is 10.9. The van der Waals surface area contributed by atoms with E-state index in [1.165, 1.54) is 37.0 Å². The van der Waals surface area contributed by atoms with Crippen molar-refractivity contribution in [2.45, 2.75) is 46.0 Å².